The smallest absolute Gasteiger partial charge is 0.240 e. The van der Waals surface area contributed by atoms with E-state index in [-0.39, 0.29) is 16.8 Å². The van der Waals surface area contributed by atoms with Gasteiger partial charge in [-0.2, -0.15) is 0 Å². The summed E-state index contributed by atoms with van der Waals surface area (Å²) in [5, 5.41) is 0. The molecule has 1 aliphatic heterocycles. The van der Waals surface area contributed by atoms with E-state index in [9.17, 15) is 13.2 Å². The molecule has 1 N–H and O–H groups in total. The summed E-state index contributed by atoms with van der Waals surface area (Å²) in [5.74, 6) is 0.0860. The first-order chi connectivity index (χ1) is 15.8. The molecule has 33 heavy (non-hydrogen) atoms. The van der Waals surface area contributed by atoms with E-state index in [4.69, 9.17) is 0 Å². The first-order valence-electron chi connectivity index (χ1n) is 11.1. The molecule has 7 heteroatoms. The third-order valence-corrected chi connectivity index (χ3v) is 7.91. The van der Waals surface area contributed by atoms with E-state index in [1.165, 1.54) is 5.56 Å². The van der Waals surface area contributed by atoms with Gasteiger partial charge >= 0.3 is 0 Å². The van der Waals surface area contributed by atoms with Crippen LogP contribution in [0, 0.1) is 0 Å². The lowest BCUT2D eigenvalue weighted by Crippen LogP contribution is -2.35. The fourth-order valence-corrected chi connectivity index (χ4v) is 5.68. The lowest BCUT2D eigenvalue weighted by molar-refractivity contribution is -0.118. The number of aryl methyl sites for hydroxylation is 1. The molecule has 1 amide bonds. The van der Waals surface area contributed by atoms with Crippen LogP contribution < -0.4 is 9.62 Å². The maximum atomic E-state index is 12.9. The number of fused-ring (bicyclic) bond motifs is 1. The number of hydrogen-bond acceptors (Lipinski definition) is 3. The van der Waals surface area contributed by atoms with Crippen molar-refractivity contribution in [1.82, 2.24) is 4.72 Å². The van der Waals surface area contributed by atoms with Crippen molar-refractivity contribution in [3.05, 3.63) is 94.0 Å². The summed E-state index contributed by atoms with van der Waals surface area (Å²) in [7, 11) is -3.56. The average molecular weight is 527 g/mol. The van der Waals surface area contributed by atoms with E-state index in [1.54, 1.807) is 24.3 Å². The van der Waals surface area contributed by atoms with Crippen molar-refractivity contribution in [1.29, 1.82) is 0 Å². The van der Waals surface area contributed by atoms with Gasteiger partial charge in [-0.15, -0.1) is 0 Å². The largest absolute Gasteiger partial charge is 0.309 e. The second-order valence-electron chi connectivity index (χ2n) is 8.37. The first-order valence-corrected chi connectivity index (χ1v) is 13.3. The minimum atomic E-state index is -3.56. The summed E-state index contributed by atoms with van der Waals surface area (Å²) in [4.78, 5) is 15.1. The highest BCUT2D eigenvalue weighted by Gasteiger charge is 2.30. The molecule has 0 saturated heterocycles. The molecule has 0 aromatic heterocycles. The van der Waals surface area contributed by atoms with Crippen LogP contribution in [0.2, 0.25) is 0 Å². The zero-order valence-corrected chi connectivity index (χ0v) is 20.9. The number of sulfonamides is 1. The van der Waals surface area contributed by atoms with Crippen LogP contribution in [0.5, 0.6) is 0 Å². The Morgan fingerprint density at radius 3 is 2.42 bits per heavy atom. The van der Waals surface area contributed by atoms with Gasteiger partial charge in [-0.1, -0.05) is 58.4 Å². The predicted molar refractivity (Wildman–Crippen MR) is 135 cm³/mol. The molecule has 1 heterocycles. The minimum absolute atomic E-state index is 0.0860. The van der Waals surface area contributed by atoms with Gasteiger partial charge in [0, 0.05) is 29.2 Å². The lowest BCUT2D eigenvalue weighted by Gasteiger charge is -2.23. The fourth-order valence-electron chi connectivity index (χ4n) is 4.24. The number of anilines is 1. The molecule has 0 radical (unpaired) electrons. The summed E-state index contributed by atoms with van der Waals surface area (Å²) in [6.07, 6.45) is 2.43. The van der Waals surface area contributed by atoms with Crippen LogP contribution in [0.25, 0.3) is 0 Å². The van der Waals surface area contributed by atoms with Crippen LogP contribution in [0.15, 0.2) is 82.2 Å². The summed E-state index contributed by atoms with van der Waals surface area (Å²) in [6.45, 7) is 2.41. The molecule has 1 aliphatic rings. The van der Waals surface area contributed by atoms with Crippen LogP contribution >= 0.6 is 15.9 Å². The Kier molecular flexibility index (Phi) is 7.32. The van der Waals surface area contributed by atoms with Gasteiger partial charge in [-0.25, -0.2) is 13.1 Å². The Morgan fingerprint density at radius 1 is 1.00 bits per heavy atom. The Hall–Kier alpha value is -2.48. The van der Waals surface area contributed by atoms with E-state index in [2.05, 4.69) is 33.6 Å². The third kappa shape index (κ3) is 5.72. The fraction of sp³-hybridized carbons (Fsp3) is 0.269. The highest BCUT2D eigenvalue weighted by Crippen LogP contribution is 2.34. The van der Waals surface area contributed by atoms with Gasteiger partial charge in [0.15, 0.2) is 0 Å². The van der Waals surface area contributed by atoms with Gasteiger partial charge < -0.3 is 4.90 Å². The highest BCUT2D eigenvalue weighted by atomic mass is 79.9. The molecule has 1 atom stereocenters. The average Bonchev–Trinajstić information content (AvgIpc) is 3.13. The number of rotatable bonds is 8. The topological polar surface area (TPSA) is 66.5 Å². The summed E-state index contributed by atoms with van der Waals surface area (Å²) >= 11 is 3.50. The monoisotopic (exact) mass is 526 g/mol. The zero-order valence-electron chi connectivity index (χ0n) is 18.5. The number of carbonyl (C=O) groups excluding carboxylic acids is 1. The van der Waals surface area contributed by atoms with Crippen LogP contribution in [-0.2, 0) is 34.1 Å². The molecule has 3 aromatic carbocycles. The molecule has 0 spiro atoms. The molecule has 0 saturated carbocycles. The van der Waals surface area contributed by atoms with Crippen LogP contribution in [-0.4, -0.2) is 26.9 Å². The first kappa shape index (κ1) is 23.7. The number of benzene rings is 3. The van der Waals surface area contributed by atoms with E-state index >= 15 is 0 Å². The number of hydrogen-bond donors (Lipinski definition) is 1. The van der Waals surface area contributed by atoms with Gasteiger partial charge in [0.2, 0.25) is 15.9 Å². The lowest BCUT2D eigenvalue weighted by atomic mass is 10.1. The van der Waals surface area contributed by atoms with Crippen LogP contribution in [0.3, 0.4) is 0 Å². The Morgan fingerprint density at radius 2 is 1.70 bits per heavy atom. The quantitative estimate of drug-likeness (QED) is 0.454. The van der Waals surface area contributed by atoms with Crippen molar-refractivity contribution in [3.63, 3.8) is 0 Å². The van der Waals surface area contributed by atoms with E-state index in [1.807, 2.05) is 47.4 Å². The molecule has 0 fully saturated rings. The number of amides is 1. The SMILES string of the molecule is C[C@@H]1Cc2cc(Br)ccc2N1C(=O)CCc1ccc(S(=O)(=O)NCCc2ccccc2)cc1. The van der Waals surface area contributed by atoms with Crippen molar-refractivity contribution in [2.45, 2.75) is 43.5 Å². The van der Waals surface area contributed by atoms with Crippen LogP contribution in [0.1, 0.15) is 30.0 Å². The highest BCUT2D eigenvalue weighted by molar-refractivity contribution is 9.10. The predicted octanol–water partition coefficient (Wildman–Crippen LogP) is 4.88. The van der Waals surface area contributed by atoms with E-state index < -0.39 is 10.0 Å². The molecule has 172 valence electrons. The molecular formula is C26H27BrN2O3S. The maximum absolute atomic E-state index is 12.9. The number of carbonyl (C=O) groups is 1. The van der Waals surface area contributed by atoms with Crippen molar-refractivity contribution < 1.29 is 13.2 Å². The minimum Gasteiger partial charge on any atom is -0.309 e. The molecule has 3 aromatic rings. The molecule has 0 aliphatic carbocycles. The number of halogens is 1. The molecular weight excluding hydrogens is 500 g/mol. The normalized spacial score (nSPS) is 15.5. The van der Waals surface area contributed by atoms with Gasteiger partial charge in [0.05, 0.1) is 4.90 Å². The van der Waals surface area contributed by atoms with Crippen molar-refractivity contribution in [2.24, 2.45) is 0 Å². The van der Waals surface area contributed by atoms with Crippen LogP contribution in [0.4, 0.5) is 5.69 Å². The van der Waals surface area contributed by atoms with E-state index in [0.29, 0.717) is 25.8 Å². The Bertz CT molecular complexity index is 1230. The van der Waals surface area contributed by atoms with E-state index in [0.717, 1.165) is 27.7 Å². The van der Waals surface area contributed by atoms with Gasteiger partial charge in [-0.05, 0) is 73.2 Å². The Labute approximate surface area is 204 Å². The van der Waals surface area contributed by atoms with Crippen molar-refractivity contribution >= 4 is 37.5 Å². The molecule has 5 nitrogen and oxygen atoms in total. The maximum Gasteiger partial charge on any atom is 0.240 e. The number of nitrogens with zero attached hydrogens (tertiary/aromatic N) is 1. The summed E-state index contributed by atoms with van der Waals surface area (Å²) < 4.78 is 28.8. The molecule has 0 bridgehead atoms. The zero-order chi connectivity index (χ0) is 23.4. The second-order valence-corrected chi connectivity index (χ2v) is 11.0. The number of nitrogens with one attached hydrogen (secondary N) is 1. The standard InChI is InChI=1S/C26H27BrN2O3S/c1-19-17-22-18-23(27)10-13-25(22)29(19)26(30)14-9-21-7-11-24(12-8-21)33(31,32)28-16-15-20-5-3-2-4-6-20/h2-8,10-13,18-19,28H,9,14-17H2,1H3/t19-/m1/s1. The second kappa shape index (κ2) is 10.2. The Balaban J connectivity index is 1.33. The van der Waals surface area contributed by atoms with Crippen molar-refractivity contribution in [3.8, 4) is 0 Å². The van der Waals surface area contributed by atoms with Crippen molar-refractivity contribution in [2.75, 3.05) is 11.4 Å². The third-order valence-electron chi connectivity index (χ3n) is 5.94. The van der Waals surface area contributed by atoms with Gasteiger partial charge in [-0.3, -0.25) is 4.79 Å². The molecule has 0 unspecified atom stereocenters. The van der Waals surface area contributed by atoms with Gasteiger partial charge in [0.1, 0.15) is 0 Å². The molecule has 4 rings (SSSR count). The summed E-state index contributed by atoms with van der Waals surface area (Å²) in [5.41, 5.74) is 4.19. The van der Waals surface area contributed by atoms with Gasteiger partial charge in [0.25, 0.3) is 0 Å². The summed E-state index contributed by atoms with van der Waals surface area (Å²) in [6, 6.07) is 22.7.